The predicted octanol–water partition coefficient (Wildman–Crippen LogP) is 1.86. The largest absolute Gasteiger partial charge is 0.388 e. The molecule has 2 atom stereocenters. The molecule has 0 saturated heterocycles. The Labute approximate surface area is 101 Å². The van der Waals surface area contributed by atoms with Crippen molar-refractivity contribution in [3.63, 3.8) is 0 Å². The first-order valence-electron chi connectivity index (χ1n) is 5.66. The zero-order valence-electron chi connectivity index (χ0n) is 9.53. The van der Waals surface area contributed by atoms with Gasteiger partial charge in [0.2, 0.25) is 0 Å². The Bertz CT molecular complexity index is 444. The van der Waals surface area contributed by atoms with E-state index in [0.29, 0.717) is 6.54 Å². The molecule has 3 N–H and O–H groups in total. The molecule has 3 heteroatoms. The molecule has 0 saturated carbocycles. The highest BCUT2D eigenvalue weighted by molar-refractivity contribution is 5.25. The zero-order valence-corrected chi connectivity index (χ0v) is 9.53. The van der Waals surface area contributed by atoms with Crippen LogP contribution in [-0.2, 0) is 0 Å². The van der Waals surface area contributed by atoms with Gasteiger partial charge in [-0.05, 0) is 17.2 Å². The lowest BCUT2D eigenvalue weighted by atomic mass is 9.90. The highest BCUT2D eigenvalue weighted by Gasteiger charge is 2.21. The molecule has 0 radical (unpaired) electrons. The van der Waals surface area contributed by atoms with Gasteiger partial charge >= 0.3 is 0 Å². The molecule has 0 aliphatic rings. The van der Waals surface area contributed by atoms with Gasteiger partial charge in [0.1, 0.15) is 0 Å². The van der Waals surface area contributed by atoms with Gasteiger partial charge in [0.25, 0.3) is 0 Å². The summed E-state index contributed by atoms with van der Waals surface area (Å²) in [6.45, 7) is 0.391. The lowest BCUT2D eigenvalue weighted by molar-refractivity contribution is 0.147. The van der Waals surface area contributed by atoms with Crippen LogP contribution < -0.4 is 5.73 Å². The minimum atomic E-state index is -0.592. The summed E-state index contributed by atoms with van der Waals surface area (Å²) in [6.07, 6.45) is 2.88. The van der Waals surface area contributed by atoms with Crippen molar-refractivity contribution in [1.29, 1.82) is 0 Å². The number of benzene rings is 1. The van der Waals surface area contributed by atoms with Crippen LogP contribution in [0.15, 0.2) is 54.9 Å². The van der Waals surface area contributed by atoms with Gasteiger partial charge in [0, 0.05) is 24.9 Å². The lowest BCUT2D eigenvalue weighted by Gasteiger charge is -2.21. The molecule has 0 amide bonds. The molecule has 0 aliphatic carbocycles. The van der Waals surface area contributed by atoms with E-state index in [-0.39, 0.29) is 5.92 Å². The second kappa shape index (κ2) is 5.57. The first kappa shape index (κ1) is 11.8. The summed E-state index contributed by atoms with van der Waals surface area (Å²) < 4.78 is 0. The van der Waals surface area contributed by atoms with Crippen LogP contribution in [0.2, 0.25) is 0 Å². The molecule has 0 spiro atoms. The fraction of sp³-hybridized carbons (Fsp3) is 0.214. The summed E-state index contributed by atoms with van der Waals surface area (Å²) in [5.74, 6) is -0.119. The number of hydrogen-bond donors (Lipinski definition) is 2. The molecule has 17 heavy (non-hydrogen) atoms. The Morgan fingerprint density at radius 3 is 2.35 bits per heavy atom. The summed E-state index contributed by atoms with van der Waals surface area (Å²) in [4.78, 5) is 4.06. The highest BCUT2D eigenvalue weighted by Crippen LogP contribution is 2.29. The standard InChI is InChI=1S/C14H16N2O/c15-9-13(12-7-4-8-16-10-12)14(17)11-5-2-1-3-6-11/h1-8,10,13-14,17H,9,15H2. The minimum absolute atomic E-state index is 0.119. The Morgan fingerprint density at radius 1 is 1.06 bits per heavy atom. The summed E-state index contributed by atoms with van der Waals surface area (Å²) in [5.41, 5.74) is 7.60. The second-order valence-corrected chi connectivity index (χ2v) is 3.98. The monoisotopic (exact) mass is 228 g/mol. The molecular weight excluding hydrogens is 212 g/mol. The Morgan fingerprint density at radius 2 is 1.76 bits per heavy atom. The Kier molecular flexibility index (Phi) is 3.85. The van der Waals surface area contributed by atoms with Crippen LogP contribution >= 0.6 is 0 Å². The molecule has 2 unspecified atom stereocenters. The van der Waals surface area contributed by atoms with Crippen LogP contribution in [0.3, 0.4) is 0 Å². The zero-order chi connectivity index (χ0) is 12.1. The van der Waals surface area contributed by atoms with E-state index in [2.05, 4.69) is 4.98 Å². The van der Waals surface area contributed by atoms with Gasteiger partial charge in [-0.2, -0.15) is 0 Å². The average molecular weight is 228 g/mol. The maximum Gasteiger partial charge on any atom is 0.0871 e. The van der Waals surface area contributed by atoms with E-state index in [1.807, 2.05) is 42.5 Å². The van der Waals surface area contributed by atoms with E-state index in [1.54, 1.807) is 12.4 Å². The maximum atomic E-state index is 10.3. The first-order valence-corrected chi connectivity index (χ1v) is 5.66. The summed E-state index contributed by atoms with van der Waals surface area (Å²) in [6, 6.07) is 13.4. The van der Waals surface area contributed by atoms with Crippen LogP contribution in [0.25, 0.3) is 0 Å². The molecule has 1 aromatic heterocycles. The van der Waals surface area contributed by atoms with Gasteiger partial charge in [0.15, 0.2) is 0 Å². The third-order valence-electron chi connectivity index (χ3n) is 2.89. The lowest BCUT2D eigenvalue weighted by Crippen LogP contribution is -2.20. The van der Waals surface area contributed by atoms with E-state index >= 15 is 0 Å². The van der Waals surface area contributed by atoms with Crippen molar-refractivity contribution in [3.8, 4) is 0 Å². The fourth-order valence-electron chi connectivity index (χ4n) is 1.93. The molecule has 1 heterocycles. The van der Waals surface area contributed by atoms with Crippen LogP contribution in [0.4, 0.5) is 0 Å². The molecule has 0 bridgehead atoms. The van der Waals surface area contributed by atoms with Crippen molar-refractivity contribution in [2.75, 3.05) is 6.54 Å². The van der Waals surface area contributed by atoms with Crippen LogP contribution in [0, 0.1) is 0 Å². The van der Waals surface area contributed by atoms with E-state index < -0.39 is 6.10 Å². The summed E-state index contributed by atoms with van der Waals surface area (Å²) >= 11 is 0. The SMILES string of the molecule is NCC(c1cccnc1)C(O)c1ccccc1. The van der Waals surface area contributed by atoms with E-state index in [9.17, 15) is 5.11 Å². The number of nitrogens with zero attached hydrogens (tertiary/aromatic N) is 1. The number of hydrogen-bond acceptors (Lipinski definition) is 3. The van der Waals surface area contributed by atoms with Crippen LogP contribution in [-0.4, -0.2) is 16.6 Å². The molecule has 2 aromatic rings. The van der Waals surface area contributed by atoms with E-state index in [0.717, 1.165) is 11.1 Å². The molecule has 0 aliphatic heterocycles. The van der Waals surface area contributed by atoms with Gasteiger partial charge in [-0.15, -0.1) is 0 Å². The number of rotatable bonds is 4. The number of aliphatic hydroxyl groups is 1. The number of aromatic nitrogens is 1. The van der Waals surface area contributed by atoms with Crippen molar-refractivity contribution in [1.82, 2.24) is 4.98 Å². The van der Waals surface area contributed by atoms with Crippen LogP contribution in [0.1, 0.15) is 23.1 Å². The smallest absolute Gasteiger partial charge is 0.0871 e. The van der Waals surface area contributed by atoms with E-state index in [4.69, 9.17) is 5.73 Å². The van der Waals surface area contributed by atoms with Crippen molar-refractivity contribution in [3.05, 3.63) is 66.0 Å². The molecular formula is C14H16N2O. The first-order chi connectivity index (χ1) is 8.33. The maximum absolute atomic E-state index is 10.3. The second-order valence-electron chi connectivity index (χ2n) is 3.98. The summed E-state index contributed by atoms with van der Waals surface area (Å²) in [7, 11) is 0. The topological polar surface area (TPSA) is 59.1 Å². The summed E-state index contributed by atoms with van der Waals surface area (Å²) in [5, 5.41) is 10.3. The van der Waals surface area contributed by atoms with Gasteiger partial charge in [-0.3, -0.25) is 4.98 Å². The number of pyridine rings is 1. The highest BCUT2D eigenvalue weighted by atomic mass is 16.3. The van der Waals surface area contributed by atoms with Gasteiger partial charge in [-0.1, -0.05) is 36.4 Å². The number of aliphatic hydroxyl groups excluding tert-OH is 1. The molecule has 88 valence electrons. The van der Waals surface area contributed by atoms with Gasteiger partial charge in [-0.25, -0.2) is 0 Å². The van der Waals surface area contributed by atoms with Crippen molar-refractivity contribution >= 4 is 0 Å². The van der Waals surface area contributed by atoms with Crippen LogP contribution in [0.5, 0.6) is 0 Å². The average Bonchev–Trinajstić information content (AvgIpc) is 2.42. The number of nitrogens with two attached hydrogens (primary N) is 1. The Hall–Kier alpha value is -1.71. The normalized spacial score (nSPS) is 14.2. The minimum Gasteiger partial charge on any atom is -0.388 e. The third-order valence-corrected chi connectivity index (χ3v) is 2.89. The van der Waals surface area contributed by atoms with Gasteiger partial charge < -0.3 is 10.8 Å². The molecule has 2 rings (SSSR count). The van der Waals surface area contributed by atoms with Gasteiger partial charge in [0.05, 0.1) is 6.10 Å². The quantitative estimate of drug-likeness (QED) is 0.839. The predicted molar refractivity (Wildman–Crippen MR) is 67.4 cm³/mol. The van der Waals surface area contributed by atoms with E-state index in [1.165, 1.54) is 0 Å². The van der Waals surface area contributed by atoms with Crippen molar-refractivity contribution < 1.29 is 5.11 Å². The van der Waals surface area contributed by atoms with Crippen molar-refractivity contribution in [2.45, 2.75) is 12.0 Å². The fourth-order valence-corrected chi connectivity index (χ4v) is 1.93. The molecule has 3 nitrogen and oxygen atoms in total. The molecule has 1 aromatic carbocycles. The molecule has 0 fully saturated rings. The van der Waals surface area contributed by atoms with Crippen molar-refractivity contribution in [2.24, 2.45) is 5.73 Å². The third kappa shape index (κ3) is 2.70. The Balaban J connectivity index is 2.25.